The summed E-state index contributed by atoms with van der Waals surface area (Å²) in [4.78, 5) is 53.7. The summed E-state index contributed by atoms with van der Waals surface area (Å²) >= 11 is 0. The van der Waals surface area contributed by atoms with Crippen LogP contribution in [-0.4, -0.2) is 75.7 Å². The number of rotatable bonds is 7. The highest BCUT2D eigenvalue weighted by atomic mass is 16.7. The van der Waals surface area contributed by atoms with E-state index >= 15 is 0 Å². The molecule has 1 spiro atoms. The van der Waals surface area contributed by atoms with Gasteiger partial charge in [-0.15, -0.1) is 0 Å². The summed E-state index contributed by atoms with van der Waals surface area (Å²) in [6.45, 7) is 6.54. The summed E-state index contributed by atoms with van der Waals surface area (Å²) in [6, 6.07) is 12.6. The number of nitrogens with zero attached hydrogens (tertiary/aromatic N) is 3. The summed E-state index contributed by atoms with van der Waals surface area (Å²) in [5, 5.41) is 6.64. The molecule has 1 atom stereocenters. The van der Waals surface area contributed by atoms with Crippen molar-refractivity contribution < 1.29 is 23.9 Å². The topological polar surface area (TPSA) is 139 Å². The minimum atomic E-state index is -1.03. The van der Waals surface area contributed by atoms with Crippen molar-refractivity contribution in [3.8, 4) is 11.3 Å². The van der Waals surface area contributed by atoms with Crippen LogP contribution in [0.3, 0.4) is 0 Å². The van der Waals surface area contributed by atoms with Gasteiger partial charge in [0.05, 0.1) is 38.5 Å². The lowest BCUT2D eigenvalue weighted by Gasteiger charge is -2.24. The number of aryl methyl sites for hydroxylation is 2. The van der Waals surface area contributed by atoms with Crippen LogP contribution >= 0.6 is 0 Å². The van der Waals surface area contributed by atoms with E-state index in [-0.39, 0.29) is 37.9 Å². The van der Waals surface area contributed by atoms with Gasteiger partial charge in [0, 0.05) is 52.2 Å². The molecule has 0 bridgehead atoms. The number of hydrogen-bond donors (Lipinski definition) is 3. The Balaban J connectivity index is 1.15. The van der Waals surface area contributed by atoms with Crippen molar-refractivity contribution in [3.05, 3.63) is 82.9 Å². The molecule has 2 aliphatic heterocycles. The molecule has 3 amide bonds. The third-order valence-electron chi connectivity index (χ3n) is 8.00. The zero-order chi connectivity index (χ0) is 30.1. The molecule has 11 nitrogen and oxygen atoms in total. The van der Waals surface area contributed by atoms with Gasteiger partial charge in [-0.3, -0.25) is 24.4 Å². The van der Waals surface area contributed by atoms with Crippen molar-refractivity contribution >= 4 is 28.6 Å². The summed E-state index contributed by atoms with van der Waals surface area (Å²) in [7, 11) is 0. The van der Waals surface area contributed by atoms with Crippen LogP contribution < -0.4 is 10.6 Å². The molecule has 43 heavy (non-hydrogen) atoms. The largest absolute Gasteiger partial charge is 0.357 e. The number of aromatic nitrogens is 3. The van der Waals surface area contributed by atoms with Crippen LogP contribution in [0.25, 0.3) is 22.2 Å². The lowest BCUT2D eigenvalue weighted by Crippen LogP contribution is -2.49. The van der Waals surface area contributed by atoms with Crippen LogP contribution in [0.1, 0.15) is 39.3 Å². The fourth-order valence-electron chi connectivity index (χ4n) is 5.87. The smallest absolute Gasteiger partial charge is 0.252 e. The highest BCUT2D eigenvalue weighted by Crippen LogP contribution is 2.35. The van der Waals surface area contributed by atoms with Crippen molar-refractivity contribution in [2.24, 2.45) is 0 Å². The van der Waals surface area contributed by atoms with E-state index in [1.165, 1.54) is 4.90 Å². The second kappa shape index (κ2) is 11.6. The van der Waals surface area contributed by atoms with Crippen molar-refractivity contribution in [2.45, 2.75) is 45.6 Å². The van der Waals surface area contributed by atoms with Crippen molar-refractivity contribution in [1.29, 1.82) is 0 Å². The van der Waals surface area contributed by atoms with Crippen LogP contribution in [0, 0.1) is 20.8 Å². The molecule has 5 heterocycles. The van der Waals surface area contributed by atoms with Gasteiger partial charge in [-0.2, -0.15) is 0 Å². The van der Waals surface area contributed by atoms with Gasteiger partial charge in [0.15, 0.2) is 5.79 Å². The van der Waals surface area contributed by atoms with Gasteiger partial charge in [0.2, 0.25) is 11.8 Å². The number of fused-ring (bicyclic) bond motifs is 1. The Bertz CT molecular complexity index is 1680. The molecule has 11 heteroatoms. The first-order chi connectivity index (χ1) is 20.7. The molecule has 2 saturated heterocycles. The average molecular weight is 583 g/mol. The Morgan fingerprint density at radius 3 is 2.65 bits per heavy atom. The molecule has 4 aromatic rings. The Hall–Kier alpha value is -4.61. The molecule has 0 aliphatic carbocycles. The number of H-pyrrole nitrogens is 1. The maximum absolute atomic E-state index is 13.5. The van der Waals surface area contributed by atoms with Gasteiger partial charge in [0.1, 0.15) is 6.04 Å². The first-order valence-electron chi connectivity index (χ1n) is 14.3. The van der Waals surface area contributed by atoms with Gasteiger partial charge >= 0.3 is 0 Å². The molecule has 2 aliphatic rings. The number of pyridine rings is 2. The molecule has 0 radical (unpaired) electrons. The zero-order valence-corrected chi connectivity index (χ0v) is 24.4. The van der Waals surface area contributed by atoms with Crippen LogP contribution in [0.15, 0.2) is 54.9 Å². The van der Waals surface area contributed by atoms with Crippen molar-refractivity contribution in [1.82, 2.24) is 30.5 Å². The molecule has 6 rings (SSSR count). The number of carbonyl (C=O) groups is 3. The van der Waals surface area contributed by atoms with E-state index in [2.05, 4.69) is 25.6 Å². The van der Waals surface area contributed by atoms with E-state index in [0.29, 0.717) is 24.5 Å². The van der Waals surface area contributed by atoms with Crippen LogP contribution in [0.2, 0.25) is 0 Å². The third kappa shape index (κ3) is 5.86. The first-order valence-corrected chi connectivity index (χ1v) is 14.3. The van der Waals surface area contributed by atoms with Crippen molar-refractivity contribution in [2.75, 3.05) is 26.3 Å². The first kappa shape index (κ1) is 28.5. The van der Waals surface area contributed by atoms with E-state index in [1.807, 2.05) is 57.2 Å². The lowest BCUT2D eigenvalue weighted by molar-refractivity contribution is -0.152. The molecular formula is C32H34N6O5. The second-order valence-corrected chi connectivity index (χ2v) is 11.2. The maximum Gasteiger partial charge on any atom is 0.252 e. The van der Waals surface area contributed by atoms with E-state index in [1.54, 1.807) is 18.5 Å². The number of benzene rings is 1. The van der Waals surface area contributed by atoms with Crippen LogP contribution in [0.4, 0.5) is 0 Å². The number of aromatic amines is 1. The Kier molecular flexibility index (Phi) is 7.68. The van der Waals surface area contributed by atoms with E-state index in [4.69, 9.17) is 9.47 Å². The highest BCUT2D eigenvalue weighted by Gasteiger charge is 2.52. The van der Waals surface area contributed by atoms with E-state index in [0.717, 1.165) is 39.0 Å². The summed E-state index contributed by atoms with van der Waals surface area (Å²) in [6.07, 6.45) is 3.65. The monoisotopic (exact) mass is 582 g/mol. The van der Waals surface area contributed by atoms with Crippen LogP contribution in [-0.2, 0) is 25.6 Å². The van der Waals surface area contributed by atoms with Crippen LogP contribution in [0.5, 0.6) is 0 Å². The standard InChI is InChI=1S/C32H34N6O5/c1-19-5-4-6-22(11-19)29-21(3)25(12-20(2)36-29)30(40)35-17-28(39)38-18-32(42-9-10-43-32)14-27(38)31(41)34-16-24-13-23-15-33-8-7-26(23)37-24/h4-8,11-13,15,27,37H,9-10,14,16-18H2,1-3H3,(H,34,41)(H,35,40)/t27-/m0/s1. The average Bonchev–Trinajstić information content (AvgIpc) is 3.74. The van der Waals surface area contributed by atoms with E-state index < -0.39 is 17.7 Å². The number of hydrogen-bond acceptors (Lipinski definition) is 7. The predicted molar refractivity (Wildman–Crippen MR) is 159 cm³/mol. The van der Waals surface area contributed by atoms with Crippen molar-refractivity contribution in [3.63, 3.8) is 0 Å². The van der Waals surface area contributed by atoms with E-state index in [9.17, 15) is 14.4 Å². The number of likely N-dealkylation sites (tertiary alicyclic amines) is 1. The summed E-state index contributed by atoms with van der Waals surface area (Å²) in [5.41, 5.74) is 6.33. The minimum Gasteiger partial charge on any atom is -0.357 e. The quantitative estimate of drug-likeness (QED) is 0.305. The lowest BCUT2D eigenvalue weighted by atomic mass is 9.99. The maximum atomic E-state index is 13.5. The number of ether oxygens (including phenoxy) is 2. The molecule has 2 fully saturated rings. The molecule has 0 saturated carbocycles. The number of carbonyl (C=O) groups excluding carboxylic acids is 3. The third-order valence-corrected chi connectivity index (χ3v) is 8.00. The predicted octanol–water partition coefficient (Wildman–Crippen LogP) is 2.94. The van der Waals surface area contributed by atoms with Gasteiger partial charge < -0.3 is 30.0 Å². The Morgan fingerprint density at radius 1 is 1.07 bits per heavy atom. The van der Waals surface area contributed by atoms with Gasteiger partial charge in [0.25, 0.3) is 5.91 Å². The number of nitrogens with one attached hydrogen (secondary N) is 3. The summed E-state index contributed by atoms with van der Waals surface area (Å²) < 4.78 is 11.7. The molecule has 0 unspecified atom stereocenters. The molecule has 3 N–H and O–H groups in total. The fourth-order valence-corrected chi connectivity index (χ4v) is 5.87. The molecule has 3 aromatic heterocycles. The minimum absolute atomic E-state index is 0.0999. The summed E-state index contributed by atoms with van der Waals surface area (Å²) in [5.74, 6) is -2.14. The second-order valence-electron chi connectivity index (χ2n) is 11.2. The SMILES string of the molecule is Cc1cccc(-c2nc(C)cc(C(=O)NCC(=O)N3CC4(C[C@H]3C(=O)NCc3cc5cnccc5[nH]3)OCCO4)c2C)c1. The fraction of sp³-hybridized carbons (Fsp3) is 0.344. The van der Waals surface area contributed by atoms with Gasteiger partial charge in [-0.05, 0) is 50.6 Å². The normalized spacial score (nSPS) is 17.5. The molecule has 1 aromatic carbocycles. The molecular weight excluding hydrogens is 548 g/mol. The number of amides is 3. The van der Waals surface area contributed by atoms with Gasteiger partial charge in [-0.1, -0.05) is 23.8 Å². The Labute approximate surface area is 249 Å². The zero-order valence-electron chi connectivity index (χ0n) is 24.4. The van der Waals surface area contributed by atoms with Gasteiger partial charge in [-0.25, -0.2) is 0 Å². The highest BCUT2D eigenvalue weighted by molar-refractivity contribution is 5.99. The molecule has 222 valence electrons. The Morgan fingerprint density at radius 2 is 1.88 bits per heavy atom.